The van der Waals surface area contributed by atoms with Gasteiger partial charge in [0.1, 0.15) is 0 Å². The van der Waals surface area contributed by atoms with Gasteiger partial charge >= 0.3 is 0 Å². The number of morpholine rings is 1. The van der Waals surface area contributed by atoms with Crippen molar-refractivity contribution in [3.8, 4) is 6.07 Å². The second-order valence-electron chi connectivity index (χ2n) is 3.32. The Morgan fingerprint density at radius 2 is 1.88 bits per heavy atom. The number of rotatable bonds is 1. The Balaban J connectivity index is 0.000000181. The second-order valence-corrected chi connectivity index (χ2v) is 4.24. The third-order valence-electron chi connectivity index (χ3n) is 2.04. The summed E-state index contributed by atoms with van der Waals surface area (Å²) in [4.78, 5) is 0. The van der Waals surface area contributed by atoms with E-state index < -0.39 is 0 Å². The quantitative estimate of drug-likeness (QED) is 0.858. The zero-order valence-corrected chi connectivity index (χ0v) is 10.7. The Kier molecular flexibility index (Phi) is 6.82. The van der Waals surface area contributed by atoms with Crippen LogP contribution in [0.1, 0.15) is 5.56 Å². The van der Waals surface area contributed by atoms with Crippen molar-refractivity contribution in [2.24, 2.45) is 0 Å². The highest BCUT2D eigenvalue weighted by Crippen LogP contribution is 2.10. The predicted molar refractivity (Wildman–Crippen MR) is 67.1 cm³/mol. The summed E-state index contributed by atoms with van der Waals surface area (Å²) in [5.74, 6) is 0. The summed E-state index contributed by atoms with van der Waals surface area (Å²) >= 11 is 3.31. The molecule has 0 spiro atoms. The fraction of sp³-hybridized carbons (Fsp3) is 0.417. The van der Waals surface area contributed by atoms with Crippen LogP contribution in [0.5, 0.6) is 0 Å². The lowest BCUT2D eigenvalue weighted by Crippen LogP contribution is -2.30. The molecule has 1 fully saturated rings. The maximum absolute atomic E-state index is 8.33. The van der Waals surface area contributed by atoms with Gasteiger partial charge in [-0.05, 0) is 17.7 Å². The summed E-state index contributed by atoms with van der Waals surface area (Å²) in [5.41, 5.74) is 1.06. The van der Waals surface area contributed by atoms with Gasteiger partial charge in [0.2, 0.25) is 0 Å². The minimum absolute atomic E-state index is 0.493. The molecule has 1 heterocycles. The fourth-order valence-electron chi connectivity index (χ4n) is 1.21. The average molecular weight is 283 g/mol. The number of ether oxygens (including phenoxy) is 1. The fourth-order valence-corrected chi connectivity index (χ4v) is 1.47. The minimum atomic E-state index is 0.493. The Morgan fingerprint density at radius 3 is 2.25 bits per heavy atom. The number of hydrogen-bond acceptors (Lipinski definition) is 3. The molecule has 0 aromatic heterocycles. The van der Waals surface area contributed by atoms with Crippen molar-refractivity contribution < 1.29 is 4.74 Å². The monoisotopic (exact) mass is 282 g/mol. The summed E-state index contributed by atoms with van der Waals surface area (Å²) in [6.45, 7) is 3.83. The smallest absolute Gasteiger partial charge is 0.0669 e. The average Bonchev–Trinajstić information content (AvgIpc) is 2.35. The first-order chi connectivity index (χ1) is 7.83. The Labute approximate surface area is 105 Å². The second kappa shape index (κ2) is 8.28. The van der Waals surface area contributed by atoms with E-state index >= 15 is 0 Å². The molecule has 0 radical (unpaired) electrons. The first-order valence-electron chi connectivity index (χ1n) is 5.23. The summed E-state index contributed by atoms with van der Waals surface area (Å²) in [5, 5.41) is 11.5. The van der Waals surface area contributed by atoms with E-state index in [1.165, 1.54) is 0 Å². The molecule has 3 nitrogen and oxygen atoms in total. The molecule has 0 atom stereocenters. The molecule has 16 heavy (non-hydrogen) atoms. The number of hydrogen-bond donors (Lipinski definition) is 1. The van der Waals surface area contributed by atoms with E-state index in [4.69, 9.17) is 10.00 Å². The van der Waals surface area contributed by atoms with Gasteiger partial charge in [0.25, 0.3) is 0 Å². The maximum Gasteiger partial charge on any atom is 0.0669 e. The van der Waals surface area contributed by atoms with Gasteiger partial charge < -0.3 is 10.1 Å². The van der Waals surface area contributed by atoms with Crippen molar-refractivity contribution in [3.05, 3.63) is 34.3 Å². The molecule has 0 unspecified atom stereocenters. The highest BCUT2D eigenvalue weighted by Gasteiger charge is 1.93. The molecule has 1 aromatic carbocycles. The number of nitrogens with one attached hydrogen (secondary N) is 1. The molecule has 1 aliphatic rings. The van der Waals surface area contributed by atoms with Crippen molar-refractivity contribution in [2.45, 2.75) is 6.42 Å². The van der Waals surface area contributed by atoms with E-state index in [0.29, 0.717) is 6.42 Å². The van der Waals surface area contributed by atoms with Crippen LogP contribution in [0.3, 0.4) is 0 Å². The Bertz CT molecular complexity index is 316. The van der Waals surface area contributed by atoms with Crippen LogP contribution in [0.4, 0.5) is 0 Å². The first-order valence-corrected chi connectivity index (χ1v) is 6.02. The largest absolute Gasteiger partial charge is 0.379 e. The molecule has 1 N–H and O–H groups in total. The van der Waals surface area contributed by atoms with Gasteiger partial charge in [0, 0.05) is 17.6 Å². The Morgan fingerprint density at radius 1 is 1.25 bits per heavy atom. The van der Waals surface area contributed by atoms with E-state index in [1.54, 1.807) is 0 Å². The molecule has 1 saturated heterocycles. The molecule has 86 valence electrons. The van der Waals surface area contributed by atoms with Crippen LogP contribution in [0.25, 0.3) is 0 Å². The van der Waals surface area contributed by atoms with Crippen molar-refractivity contribution in [1.29, 1.82) is 5.26 Å². The van der Waals surface area contributed by atoms with E-state index in [9.17, 15) is 0 Å². The standard InChI is InChI=1S/C8H6BrN.C4H9NO/c9-8-3-1-7(2-4-8)5-6-10;1-3-6-4-2-5-1/h1-4H,5H2;5H,1-4H2. The number of nitrogens with zero attached hydrogens (tertiary/aromatic N) is 1. The van der Waals surface area contributed by atoms with E-state index in [2.05, 4.69) is 27.3 Å². The number of nitriles is 1. The van der Waals surface area contributed by atoms with Crippen molar-refractivity contribution in [3.63, 3.8) is 0 Å². The van der Waals surface area contributed by atoms with Crippen LogP contribution in [0, 0.1) is 11.3 Å². The van der Waals surface area contributed by atoms with Gasteiger partial charge in [-0.3, -0.25) is 0 Å². The SMILES string of the molecule is C1COCCN1.N#CCc1ccc(Br)cc1. The summed E-state index contributed by atoms with van der Waals surface area (Å²) in [6.07, 6.45) is 0.493. The topological polar surface area (TPSA) is 45.0 Å². The van der Waals surface area contributed by atoms with E-state index in [1.807, 2.05) is 24.3 Å². The third-order valence-corrected chi connectivity index (χ3v) is 2.57. The van der Waals surface area contributed by atoms with Crippen LogP contribution >= 0.6 is 15.9 Å². The minimum Gasteiger partial charge on any atom is -0.379 e. The van der Waals surface area contributed by atoms with Gasteiger partial charge in [-0.1, -0.05) is 28.1 Å². The Hall–Kier alpha value is -0.890. The van der Waals surface area contributed by atoms with Gasteiger partial charge in [-0.15, -0.1) is 0 Å². The normalized spacial score (nSPS) is 14.5. The van der Waals surface area contributed by atoms with Crippen molar-refractivity contribution in [2.75, 3.05) is 26.3 Å². The van der Waals surface area contributed by atoms with Crippen molar-refractivity contribution in [1.82, 2.24) is 5.32 Å². The molecule has 2 rings (SSSR count). The zero-order chi connectivity index (χ0) is 11.6. The zero-order valence-electron chi connectivity index (χ0n) is 9.08. The van der Waals surface area contributed by atoms with E-state index in [0.717, 1.165) is 36.3 Å². The molecule has 1 aromatic rings. The maximum atomic E-state index is 8.33. The van der Waals surface area contributed by atoms with Gasteiger partial charge in [-0.25, -0.2) is 0 Å². The van der Waals surface area contributed by atoms with Crippen LogP contribution in [-0.4, -0.2) is 26.3 Å². The number of halogens is 1. The van der Waals surface area contributed by atoms with Gasteiger partial charge in [-0.2, -0.15) is 5.26 Å². The highest BCUT2D eigenvalue weighted by atomic mass is 79.9. The predicted octanol–water partition coefficient (Wildman–Crippen LogP) is 2.12. The van der Waals surface area contributed by atoms with Crippen molar-refractivity contribution >= 4 is 15.9 Å². The third kappa shape index (κ3) is 5.86. The first kappa shape index (κ1) is 13.2. The molecule has 0 bridgehead atoms. The van der Waals surface area contributed by atoms with E-state index in [-0.39, 0.29) is 0 Å². The number of benzene rings is 1. The van der Waals surface area contributed by atoms with Crippen LogP contribution in [0.2, 0.25) is 0 Å². The molecule has 0 aliphatic carbocycles. The molecule has 1 aliphatic heterocycles. The summed E-state index contributed by atoms with van der Waals surface area (Å²) < 4.78 is 6.06. The van der Waals surface area contributed by atoms with Gasteiger partial charge in [0.15, 0.2) is 0 Å². The van der Waals surface area contributed by atoms with Crippen LogP contribution in [-0.2, 0) is 11.2 Å². The molecule has 0 saturated carbocycles. The highest BCUT2D eigenvalue weighted by molar-refractivity contribution is 9.10. The lowest BCUT2D eigenvalue weighted by molar-refractivity contribution is 0.109. The van der Waals surface area contributed by atoms with Crippen LogP contribution < -0.4 is 5.32 Å². The van der Waals surface area contributed by atoms with Gasteiger partial charge in [0.05, 0.1) is 25.7 Å². The molecule has 0 amide bonds. The molecular formula is C12H15BrN2O. The molecular weight excluding hydrogens is 268 g/mol. The summed E-state index contributed by atoms with van der Waals surface area (Å²) in [6, 6.07) is 9.84. The molecule has 4 heteroatoms. The summed E-state index contributed by atoms with van der Waals surface area (Å²) in [7, 11) is 0. The lowest BCUT2D eigenvalue weighted by atomic mass is 10.2. The lowest BCUT2D eigenvalue weighted by Gasteiger charge is -2.10. The van der Waals surface area contributed by atoms with Crippen LogP contribution in [0.15, 0.2) is 28.7 Å².